The molecule has 0 radical (unpaired) electrons. The molecule has 0 heterocycles. The number of carbonyl (C=O) groups is 2. The molecule has 4 heteroatoms. The molecule has 7 rings (SSSR count). The molecule has 3 aliphatic rings. The Morgan fingerprint density at radius 2 is 1.03 bits per heavy atom. The number of carbonyl (C=O) groups excluding carboxylic acids is 2. The summed E-state index contributed by atoms with van der Waals surface area (Å²) in [5.74, 6) is -1.10. The monoisotopic (exact) mass is 460 g/mol. The van der Waals surface area contributed by atoms with E-state index in [9.17, 15) is 9.59 Å². The van der Waals surface area contributed by atoms with E-state index in [1.165, 1.54) is 0 Å². The number of esters is 2. The predicted octanol–water partition coefficient (Wildman–Crippen LogP) is 5.90. The van der Waals surface area contributed by atoms with E-state index in [0.717, 1.165) is 22.3 Å². The second-order valence-electron chi connectivity index (χ2n) is 9.28. The first kappa shape index (κ1) is 21.4. The minimum atomic E-state index is -0.697. The zero-order chi connectivity index (χ0) is 24.0. The van der Waals surface area contributed by atoms with Gasteiger partial charge in [-0.15, -0.1) is 0 Å². The van der Waals surface area contributed by atoms with Crippen LogP contribution in [0.2, 0.25) is 0 Å². The van der Waals surface area contributed by atoms with Crippen molar-refractivity contribution in [1.82, 2.24) is 0 Å². The highest BCUT2D eigenvalue weighted by Crippen LogP contribution is 2.58. The molecule has 172 valence electrons. The van der Waals surface area contributed by atoms with Crippen molar-refractivity contribution in [2.24, 2.45) is 0 Å². The highest BCUT2D eigenvalue weighted by Gasteiger charge is 2.60. The first-order valence-electron chi connectivity index (χ1n) is 11.8. The molecule has 0 saturated carbocycles. The summed E-state index contributed by atoms with van der Waals surface area (Å²) < 4.78 is 12.5. The summed E-state index contributed by atoms with van der Waals surface area (Å²) in [4.78, 5) is 26.6. The van der Waals surface area contributed by atoms with Crippen LogP contribution in [0.25, 0.3) is 0 Å². The molecule has 0 aromatic heterocycles. The third-order valence-corrected chi connectivity index (χ3v) is 7.40. The lowest BCUT2D eigenvalue weighted by molar-refractivity contribution is -0.0731. The zero-order valence-electron chi connectivity index (χ0n) is 19.3. The Morgan fingerprint density at radius 1 is 0.600 bits per heavy atom. The van der Waals surface area contributed by atoms with E-state index in [1.54, 1.807) is 24.3 Å². The average molecular weight is 461 g/mol. The molecule has 0 amide bonds. The Hall–Kier alpha value is -4.18. The molecule has 4 nitrogen and oxygen atoms in total. The van der Waals surface area contributed by atoms with Gasteiger partial charge in [0, 0.05) is 0 Å². The van der Waals surface area contributed by atoms with Crippen molar-refractivity contribution in [3.05, 3.63) is 143 Å². The Bertz CT molecular complexity index is 1360. The van der Waals surface area contributed by atoms with Crippen molar-refractivity contribution in [2.75, 3.05) is 0 Å². The van der Waals surface area contributed by atoms with Crippen molar-refractivity contribution in [3.8, 4) is 0 Å². The highest BCUT2D eigenvalue weighted by molar-refractivity contribution is 5.91. The zero-order valence-corrected chi connectivity index (χ0v) is 19.3. The topological polar surface area (TPSA) is 52.6 Å². The Morgan fingerprint density at radius 3 is 1.54 bits per heavy atom. The van der Waals surface area contributed by atoms with Crippen LogP contribution in [0.1, 0.15) is 55.8 Å². The third-order valence-electron chi connectivity index (χ3n) is 7.40. The predicted molar refractivity (Wildman–Crippen MR) is 132 cm³/mol. The van der Waals surface area contributed by atoms with Crippen LogP contribution in [0, 0.1) is 0 Å². The summed E-state index contributed by atoms with van der Waals surface area (Å²) in [6.45, 7) is 2.09. The van der Waals surface area contributed by atoms with Crippen molar-refractivity contribution in [3.63, 3.8) is 0 Å². The molecule has 4 aromatic carbocycles. The maximum atomic E-state index is 13.3. The Labute approximate surface area is 204 Å². The van der Waals surface area contributed by atoms with Crippen LogP contribution in [0.5, 0.6) is 0 Å². The van der Waals surface area contributed by atoms with Gasteiger partial charge in [0.1, 0.15) is 0 Å². The van der Waals surface area contributed by atoms with Gasteiger partial charge in [0.2, 0.25) is 0 Å². The molecule has 2 bridgehead atoms. The van der Waals surface area contributed by atoms with Gasteiger partial charge in [0.25, 0.3) is 0 Å². The molecule has 4 aromatic rings. The summed E-state index contributed by atoms with van der Waals surface area (Å²) in [5, 5.41) is 0. The smallest absolute Gasteiger partial charge is 0.338 e. The maximum Gasteiger partial charge on any atom is 0.338 e. The minimum absolute atomic E-state index is 0.245. The van der Waals surface area contributed by atoms with E-state index >= 15 is 0 Å². The molecule has 3 aliphatic carbocycles. The summed E-state index contributed by atoms with van der Waals surface area (Å²) in [7, 11) is 0. The summed E-state index contributed by atoms with van der Waals surface area (Å²) in [5.41, 5.74) is 4.65. The Kier molecular flexibility index (Phi) is 5.03. The van der Waals surface area contributed by atoms with Gasteiger partial charge in [-0.05, 0) is 53.4 Å². The van der Waals surface area contributed by atoms with Gasteiger partial charge in [-0.1, -0.05) is 84.9 Å². The fraction of sp³-hybridized carbons (Fsp3) is 0.161. The first-order chi connectivity index (χ1) is 17.1. The lowest BCUT2D eigenvalue weighted by Gasteiger charge is -2.54. The molecule has 2 atom stereocenters. The fourth-order valence-corrected chi connectivity index (χ4v) is 5.80. The number of ether oxygens (including phenoxy) is 2. The van der Waals surface area contributed by atoms with E-state index < -0.39 is 29.6 Å². The number of hydrogen-bond donors (Lipinski definition) is 0. The van der Waals surface area contributed by atoms with Crippen molar-refractivity contribution in [1.29, 1.82) is 0 Å². The van der Waals surface area contributed by atoms with E-state index in [-0.39, 0.29) is 5.92 Å². The minimum Gasteiger partial charge on any atom is -0.454 e. The molecular formula is C31H24O4. The molecule has 0 aliphatic heterocycles. The number of benzene rings is 4. The molecule has 0 spiro atoms. The summed E-state index contributed by atoms with van der Waals surface area (Å²) in [6, 6.07) is 34.3. The molecule has 0 fully saturated rings. The van der Waals surface area contributed by atoms with Crippen LogP contribution >= 0.6 is 0 Å². The van der Waals surface area contributed by atoms with E-state index in [2.05, 4.69) is 31.2 Å². The molecule has 0 unspecified atom stereocenters. The lowest BCUT2D eigenvalue weighted by Crippen LogP contribution is -2.59. The van der Waals surface area contributed by atoms with Crippen molar-refractivity contribution in [2.45, 2.75) is 30.5 Å². The molecule has 0 N–H and O–H groups in total. The fourth-order valence-electron chi connectivity index (χ4n) is 5.80. The van der Waals surface area contributed by atoms with Gasteiger partial charge in [0.15, 0.2) is 12.2 Å². The maximum absolute atomic E-state index is 13.3. The molecule has 35 heavy (non-hydrogen) atoms. The van der Waals surface area contributed by atoms with Crippen molar-refractivity contribution >= 4 is 11.9 Å². The molecule has 0 saturated heterocycles. The first-order valence-corrected chi connectivity index (χ1v) is 11.8. The van der Waals surface area contributed by atoms with Crippen LogP contribution in [0.3, 0.4) is 0 Å². The second kappa shape index (κ2) is 8.24. The van der Waals surface area contributed by atoms with Gasteiger partial charge in [0.05, 0.1) is 22.5 Å². The quantitative estimate of drug-likeness (QED) is 0.356. The standard InChI is InChI=1S/C31H24O4/c1-31-24-18-10-8-16-22(24)26(23-17-9-11-19-25(23)31)27(34-29(32)20-12-4-2-5-13-20)28(31)35-30(33)21-14-6-3-7-15-21/h2-19,26-28H,1H3/t26-,27-,28-,31+/m1/s1. The van der Waals surface area contributed by atoms with E-state index in [0.29, 0.717) is 11.1 Å². The second-order valence-corrected chi connectivity index (χ2v) is 9.28. The highest BCUT2D eigenvalue weighted by atomic mass is 16.6. The van der Waals surface area contributed by atoms with Crippen LogP contribution < -0.4 is 0 Å². The van der Waals surface area contributed by atoms with Crippen molar-refractivity contribution < 1.29 is 19.1 Å². The van der Waals surface area contributed by atoms with Gasteiger partial charge in [-0.2, -0.15) is 0 Å². The third kappa shape index (κ3) is 3.28. The van der Waals surface area contributed by atoms with E-state index in [4.69, 9.17) is 9.47 Å². The average Bonchev–Trinajstić information content (AvgIpc) is 2.91. The van der Waals surface area contributed by atoms with Crippen LogP contribution in [0.4, 0.5) is 0 Å². The molecular weight excluding hydrogens is 436 g/mol. The van der Waals surface area contributed by atoms with Crippen LogP contribution in [-0.4, -0.2) is 24.1 Å². The van der Waals surface area contributed by atoms with Gasteiger partial charge in [-0.3, -0.25) is 0 Å². The van der Waals surface area contributed by atoms with Gasteiger partial charge in [-0.25, -0.2) is 9.59 Å². The Balaban J connectivity index is 1.50. The largest absolute Gasteiger partial charge is 0.454 e. The lowest BCUT2D eigenvalue weighted by atomic mass is 9.53. The summed E-state index contributed by atoms with van der Waals surface area (Å²) >= 11 is 0. The van der Waals surface area contributed by atoms with Crippen LogP contribution in [-0.2, 0) is 14.9 Å². The number of fused-ring (bicyclic) bond motifs is 1. The van der Waals surface area contributed by atoms with Crippen LogP contribution in [0.15, 0.2) is 109 Å². The SMILES string of the molecule is C[C@]12c3ccccc3[C@H](c3ccccc31)[C@@H](OC(=O)c1ccccc1)[C@H]2OC(=O)c1ccccc1. The van der Waals surface area contributed by atoms with Gasteiger partial charge >= 0.3 is 11.9 Å². The normalized spacial score (nSPS) is 23.6. The summed E-state index contributed by atoms with van der Waals surface area (Å²) in [6.07, 6.45) is -1.37. The number of rotatable bonds is 4. The van der Waals surface area contributed by atoms with E-state index in [1.807, 2.05) is 60.7 Å². The number of hydrogen-bond acceptors (Lipinski definition) is 4. The van der Waals surface area contributed by atoms with Gasteiger partial charge < -0.3 is 9.47 Å².